The molecular formula is C12H16N2O7S. The van der Waals surface area contributed by atoms with Crippen LogP contribution in [0.3, 0.4) is 0 Å². The van der Waals surface area contributed by atoms with Crippen molar-refractivity contribution >= 4 is 16.0 Å². The molecule has 122 valence electrons. The number of para-hydroxylation sites is 1. The second-order valence-corrected chi connectivity index (χ2v) is 6.41. The molecular weight excluding hydrogens is 316 g/mol. The Balaban J connectivity index is 2.32. The van der Waals surface area contributed by atoms with Gasteiger partial charge >= 0.3 is 10.3 Å². The van der Waals surface area contributed by atoms with Gasteiger partial charge < -0.3 is 9.47 Å². The van der Waals surface area contributed by atoms with Crippen LogP contribution in [0.1, 0.15) is 25.5 Å². The molecule has 0 aliphatic carbocycles. The molecule has 10 heteroatoms. The molecule has 1 aromatic rings. The quantitative estimate of drug-likeness (QED) is 0.628. The number of nitro benzene ring substituents is 1. The summed E-state index contributed by atoms with van der Waals surface area (Å²) in [4.78, 5) is 10.6. The summed E-state index contributed by atoms with van der Waals surface area (Å²) in [6.07, 6.45) is -1.70. The van der Waals surface area contributed by atoms with Crippen LogP contribution >= 0.6 is 0 Å². The van der Waals surface area contributed by atoms with E-state index in [0.717, 1.165) is 0 Å². The van der Waals surface area contributed by atoms with E-state index in [-0.39, 0.29) is 11.3 Å². The average Bonchev–Trinajstić information content (AvgIpc) is 2.71. The maximum atomic E-state index is 11.1. The molecule has 1 heterocycles. The summed E-state index contributed by atoms with van der Waals surface area (Å²) in [5.41, 5.74) is 0.135. The average molecular weight is 332 g/mol. The number of hydrogen-bond acceptors (Lipinski definition) is 7. The van der Waals surface area contributed by atoms with Crippen molar-refractivity contribution in [2.45, 2.75) is 31.8 Å². The Morgan fingerprint density at radius 3 is 2.59 bits per heavy atom. The van der Waals surface area contributed by atoms with Crippen molar-refractivity contribution in [1.29, 1.82) is 0 Å². The molecule has 1 aliphatic heterocycles. The molecule has 0 unspecified atom stereocenters. The standard InChI is InChI=1S/C12H16N2O7S/c1-12(2)20-10(7-19-22(13,17)18)11(21-12)8-5-3-4-6-9(8)14(15)16/h3-6,10-11H,7H2,1-2H3,(H2,13,17,18)/t10-,11-/m1/s1. The van der Waals surface area contributed by atoms with Gasteiger partial charge in [0.2, 0.25) is 0 Å². The lowest BCUT2D eigenvalue weighted by molar-refractivity contribution is -0.386. The fourth-order valence-corrected chi connectivity index (χ4v) is 2.60. The first-order valence-corrected chi connectivity index (χ1v) is 7.82. The number of nitrogens with two attached hydrogens (primary N) is 1. The first kappa shape index (κ1) is 16.8. The van der Waals surface area contributed by atoms with Crippen LogP contribution in [-0.4, -0.2) is 31.8 Å². The topological polar surface area (TPSA) is 131 Å². The molecule has 0 saturated carbocycles. The summed E-state index contributed by atoms with van der Waals surface area (Å²) in [6, 6.07) is 6.01. The van der Waals surface area contributed by atoms with E-state index < -0.39 is 39.8 Å². The molecule has 1 aromatic carbocycles. The molecule has 0 radical (unpaired) electrons. The minimum atomic E-state index is -4.15. The van der Waals surface area contributed by atoms with Crippen molar-refractivity contribution in [3.63, 3.8) is 0 Å². The van der Waals surface area contributed by atoms with Crippen LogP contribution in [0, 0.1) is 10.1 Å². The van der Waals surface area contributed by atoms with Crippen molar-refractivity contribution in [2.75, 3.05) is 6.61 Å². The highest BCUT2D eigenvalue weighted by molar-refractivity contribution is 7.84. The van der Waals surface area contributed by atoms with Gasteiger partial charge in [0.25, 0.3) is 5.69 Å². The lowest BCUT2D eigenvalue weighted by Crippen LogP contribution is -2.28. The molecule has 22 heavy (non-hydrogen) atoms. The lowest BCUT2D eigenvalue weighted by Gasteiger charge is -2.16. The Morgan fingerprint density at radius 1 is 1.36 bits per heavy atom. The maximum absolute atomic E-state index is 11.1. The molecule has 0 amide bonds. The van der Waals surface area contributed by atoms with Crippen LogP contribution in [-0.2, 0) is 24.0 Å². The molecule has 0 aromatic heterocycles. The van der Waals surface area contributed by atoms with Crippen molar-refractivity contribution in [3.05, 3.63) is 39.9 Å². The van der Waals surface area contributed by atoms with Crippen molar-refractivity contribution in [1.82, 2.24) is 0 Å². The molecule has 9 nitrogen and oxygen atoms in total. The number of nitrogens with zero attached hydrogens (tertiary/aromatic N) is 1. The largest absolute Gasteiger partial charge is 0.342 e. The van der Waals surface area contributed by atoms with Gasteiger partial charge in [0.1, 0.15) is 12.2 Å². The molecule has 2 rings (SSSR count). The lowest BCUT2D eigenvalue weighted by atomic mass is 10.0. The molecule has 1 aliphatic rings. The van der Waals surface area contributed by atoms with E-state index in [9.17, 15) is 18.5 Å². The first-order chi connectivity index (χ1) is 10.1. The minimum absolute atomic E-state index is 0.144. The van der Waals surface area contributed by atoms with E-state index in [4.69, 9.17) is 14.6 Å². The second kappa shape index (κ2) is 5.89. The number of hydrogen-bond donors (Lipinski definition) is 1. The summed E-state index contributed by atoms with van der Waals surface area (Å²) < 4.78 is 37.6. The van der Waals surface area contributed by atoms with E-state index >= 15 is 0 Å². The molecule has 2 N–H and O–H groups in total. The van der Waals surface area contributed by atoms with Gasteiger partial charge in [-0.25, -0.2) is 5.14 Å². The van der Waals surface area contributed by atoms with Crippen LogP contribution in [0.2, 0.25) is 0 Å². The van der Waals surface area contributed by atoms with Gasteiger partial charge in [0.15, 0.2) is 5.79 Å². The first-order valence-electron chi connectivity index (χ1n) is 6.35. The Bertz CT molecular complexity index is 674. The summed E-state index contributed by atoms with van der Waals surface area (Å²) >= 11 is 0. The molecule has 1 fully saturated rings. The number of rotatable bonds is 5. The highest BCUT2D eigenvalue weighted by Crippen LogP contribution is 2.41. The predicted molar refractivity (Wildman–Crippen MR) is 74.9 cm³/mol. The Hall–Kier alpha value is -1.59. The van der Waals surface area contributed by atoms with Gasteiger partial charge in [-0.2, -0.15) is 8.42 Å². The monoisotopic (exact) mass is 332 g/mol. The van der Waals surface area contributed by atoms with E-state index in [1.165, 1.54) is 18.2 Å². The predicted octanol–water partition coefficient (Wildman–Crippen LogP) is 1.01. The normalized spacial score (nSPS) is 24.3. The van der Waals surface area contributed by atoms with Gasteiger partial charge in [-0.3, -0.25) is 14.3 Å². The van der Waals surface area contributed by atoms with Gasteiger partial charge in [-0.05, 0) is 19.9 Å². The third-order valence-corrected chi connectivity index (χ3v) is 3.48. The molecule has 0 spiro atoms. The summed E-state index contributed by atoms with van der Waals surface area (Å²) in [5.74, 6) is -1.04. The van der Waals surface area contributed by atoms with Gasteiger partial charge in [0, 0.05) is 6.07 Å². The van der Waals surface area contributed by atoms with Crippen LogP contribution in [0.25, 0.3) is 0 Å². The van der Waals surface area contributed by atoms with E-state index in [2.05, 4.69) is 4.18 Å². The zero-order valence-electron chi connectivity index (χ0n) is 12.0. The molecule has 1 saturated heterocycles. The summed E-state index contributed by atoms with van der Waals surface area (Å²) in [6.45, 7) is 2.83. The summed E-state index contributed by atoms with van der Waals surface area (Å²) in [7, 11) is -4.15. The maximum Gasteiger partial charge on any atom is 0.333 e. The Kier molecular flexibility index (Phi) is 4.49. The fraction of sp³-hybridized carbons (Fsp3) is 0.500. The highest BCUT2D eigenvalue weighted by atomic mass is 32.2. The van der Waals surface area contributed by atoms with Crippen LogP contribution in [0.4, 0.5) is 5.69 Å². The Labute approximate surface area is 127 Å². The second-order valence-electron chi connectivity index (χ2n) is 5.19. The highest BCUT2D eigenvalue weighted by Gasteiger charge is 2.44. The van der Waals surface area contributed by atoms with Crippen LogP contribution in [0.15, 0.2) is 24.3 Å². The number of benzene rings is 1. The third-order valence-electron chi connectivity index (χ3n) is 3.02. The number of nitro groups is 1. The zero-order valence-corrected chi connectivity index (χ0v) is 12.8. The van der Waals surface area contributed by atoms with Gasteiger partial charge in [-0.1, -0.05) is 12.1 Å². The van der Waals surface area contributed by atoms with E-state index in [1.807, 2.05) is 0 Å². The van der Waals surface area contributed by atoms with Crippen LogP contribution in [0.5, 0.6) is 0 Å². The van der Waals surface area contributed by atoms with E-state index in [1.54, 1.807) is 19.9 Å². The van der Waals surface area contributed by atoms with Crippen LogP contribution < -0.4 is 5.14 Å². The SMILES string of the molecule is CC1(C)O[C@H](c2ccccc2[N+](=O)[O-])[C@@H](COS(N)(=O)=O)O1. The molecule has 2 atom stereocenters. The van der Waals surface area contributed by atoms with Gasteiger partial charge in [-0.15, -0.1) is 0 Å². The smallest absolute Gasteiger partial charge is 0.333 e. The van der Waals surface area contributed by atoms with Gasteiger partial charge in [0.05, 0.1) is 17.1 Å². The summed E-state index contributed by atoms with van der Waals surface area (Å²) in [5, 5.41) is 15.9. The van der Waals surface area contributed by atoms with Crippen molar-refractivity contribution < 1.29 is 27.0 Å². The van der Waals surface area contributed by atoms with Crippen molar-refractivity contribution in [3.8, 4) is 0 Å². The number of ether oxygens (including phenoxy) is 2. The third kappa shape index (κ3) is 3.99. The minimum Gasteiger partial charge on any atom is -0.342 e. The zero-order chi connectivity index (χ0) is 16.5. The fourth-order valence-electron chi connectivity index (χ4n) is 2.28. The van der Waals surface area contributed by atoms with E-state index in [0.29, 0.717) is 0 Å². The van der Waals surface area contributed by atoms with Crippen molar-refractivity contribution in [2.24, 2.45) is 5.14 Å². The molecule has 0 bridgehead atoms. The Morgan fingerprint density at radius 2 is 2.00 bits per heavy atom.